The second kappa shape index (κ2) is 14.0. The Hall–Kier alpha value is -3.61. The van der Waals surface area contributed by atoms with E-state index in [1.165, 1.54) is 24.7 Å². The van der Waals surface area contributed by atoms with Crippen molar-refractivity contribution >= 4 is 32.2 Å². The van der Waals surface area contributed by atoms with Gasteiger partial charge in [-0.1, -0.05) is 6.07 Å². The number of nitrogens with zero attached hydrogens (tertiary/aromatic N) is 3. The minimum atomic E-state index is -4.55. The Bertz CT molecular complexity index is 1580. The normalized spacial score (nSPS) is 12.9. The average Bonchev–Trinajstić information content (AvgIpc) is 2.98. The summed E-state index contributed by atoms with van der Waals surface area (Å²) in [6.07, 6.45) is 1.13. The number of sulfone groups is 1. The molecule has 2 heterocycles. The molecule has 0 saturated carbocycles. The Morgan fingerprint density at radius 1 is 0.905 bits per heavy atom. The van der Waals surface area contributed by atoms with Crippen molar-refractivity contribution < 1.29 is 31.1 Å². The van der Waals surface area contributed by atoms with Crippen molar-refractivity contribution in [2.24, 2.45) is 5.92 Å². The molecule has 2 aromatic heterocycles. The van der Waals surface area contributed by atoms with Gasteiger partial charge < -0.3 is 14.8 Å². The fourth-order valence-corrected chi connectivity index (χ4v) is 6.15. The summed E-state index contributed by atoms with van der Waals surface area (Å²) in [5.41, 5.74) is 0.286. The summed E-state index contributed by atoms with van der Waals surface area (Å²) in [7, 11) is -0.209. The standard InChI is InChI=1S/C30H33F3N4O4S/c1-40-16-4-5-21(13-17-41-2)14-18-42(38,39)24-10-8-23(9-11-24)37-29-25-12-7-22(19-27(25)35-20-36-29)28-26(30(31,32)33)6-3-15-34-28/h3,6-12,15,19-21H,4-5,13-14,16-18H2,1-2H3,(H,35,36,37). The molecule has 0 spiro atoms. The van der Waals surface area contributed by atoms with Gasteiger partial charge in [-0.25, -0.2) is 18.4 Å². The second-order valence-corrected chi connectivity index (χ2v) is 12.0. The van der Waals surface area contributed by atoms with Crippen LogP contribution in [0.4, 0.5) is 24.7 Å². The summed E-state index contributed by atoms with van der Waals surface area (Å²) in [4.78, 5) is 12.7. The van der Waals surface area contributed by atoms with Crippen LogP contribution in [0.25, 0.3) is 22.2 Å². The van der Waals surface area contributed by atoms with Crippen LogP contribution in [0.15, 0.2) is 72.0 Å². The van der Waals surface area contributed by atoms with E-state index < -0.39 is 21.6 Å². The third-order valence-electron chi connectivity index (χ3n) is 6.99. The van der Waals surface area contributed by atoms with Crippen LogP contribution in [0.3, 0.4) is 0 Å². The highest BCUT2D eigenvalue weighted by Crippen LogP contribution is 2.37. The predicted molar refractivity (Wildman–Crippen MR) is 155 cm³/mol. The molecule has 1 unspecified atom stereocenters. The van der Waals surface area contributed by atoms with E-state index in [-0.39, 0.29) is 27.8 Å². The highest BCUT2D eigenvalue weighted by molar-refractivity contribution is 7.91. The van der Waals surface area contributed by atoms with E-state index in [0.29, 0.717) is 42.0 Å². The molecule has 0 saturated heterocycles. The first-order valence-electron chi connectivity index (χ1n) is 13.5. The molecule has 8 nitrogen and oxygen atoms in total. The monoisotopic (exact) mass is 602 g/mol. The maximum Gasteiger partial charge on any atom is 0.418 e. The number of aromatic nitrogens is 3. The van der Waals surface area contributed by atoms with E-state index >= 15 is 0 Å². The number of benzene rings is 2. The molecule has 2 aromatic carbocycles. The summed E-state index contributed by atoms with van der Waals surface area (Å²) in [6, 6.07) is 13.4. The van der Waals surface area contributed by atoms with Crippen molar-refractivity contribution in [1.82, 2.24) is 15.0 Å². The van der Waals surface area contributed by atoms with Crippen LogP contribution in [0.5, 0.6) is 0 Å². The molecular formula is C30H33F3N4O4S. The number of methoxy groups -OCH3 is 2. The van der Waals surface area contributed by atoms with Gasteiger partial charge in [0.05, 0.1) is 27.4 Å². The molecule has 12 heteroatoms. The number of fused-ring (bicyclic) bond motifs is 1. The average molecular weight is 603 g/mol. The van der Waals surface area contributed by atoms with Gasteiger partial charge in [0.1, 0.15) is 12.1 Å². The molecule has 0 amide bonds. The smallest absolute Gasteiger partial charge is 0.385 e. The predicted octanol–water partition coefficient (Wildman–Crippen LogP) is 6.70. The number of rotatable bonds is 14. The Kier molecular flexibility index (Phi) is 10.5. The summed E-state index contributed by atoms with van der Waals surface area (Å²) in [5.74, 6) is 0.683. The van der Waals surface area contributed by atoms with Crippen molar-refractivity contribution in [3.05, 3.63) is 72.7 Å². The molecule has 1 atom stereocenters. The third-order valence-corrected chi connectivity index (χ3v) is 8.75. The quantitative estimate of drug-likeness (QED) is 0.159. The third kappa shape index (κ3) is 8.02. The van der Waals surface area contributed by atoms with Gasteiger partial charge in [-0.3, -0.25) is 4.98 Å². The van der Waals surface area contributed by atoms with Crippen molar-refractivity contribution in [2.45, 2.75) is 36.8 Å². The van der Waals surface area contributed by atoms with Gasteiger partial charge in [0, 0.05) is 50.3 Å². The number of ether oxygens (including phenoxy) is 2. The Morgan fingerprint density at radius 3 is 2.38 bits per heavy atom. The second-order valence-electron chi connectivity index (χ2n) is 9.89. The first-order valence-corrected chi connectivity index (χ1v) is 15.1. The van der Waals surface area contributed by atoms with Gasteiger partial charge in [0.25, 0.3) is 0 Å². The van der Waals surface area contributed by atoms with E-state index in [0.717, 1.165) is 25.3 Å². The number of alkyl halides is 3. The first-order chi connectivity index (χ1) is 20.1. The number of halogens is 3. The summed E-state index contributed by atoms with van der Waals surface area (Å²) >= 11 is 0. The van der Waals surface area contributed by atoms with Crippen LogP contribution in [-0.2, 0) is 25.5 Å². The van der Waals surface area contributed by atoms with E-state index in [4.69, 9.17) is 9.47 Å². The number of anilines is 2. The fourth-order valence-electron chi connectivity index (χ4n) is 4.72. The lowest BCUT2D eigenvalue weighted by Crippen LogP contribution is -2.14. The molecule has 42 heavy (non-hydrogen) atoms. The number of pyridine rings is 1. The largest absolute Gasteiger partial charge is 0.418 e. The van der Waals surface area contributed by atoms with Gasteiger partial charge in [-0.15, -0.1) is 0 Å². The first kappa shape index (κ1) is 31.3. The molecule has 1 N–H and O–H groups in total. The lowest BCUT2D eigenvalue weighted by atomic mass is 9.97. The van der Waals surface area contributed by atoms with Gasteiger partial charge >= 0.3 is 6.18 Å². The zero-order chi connectivity index (χ0) is 30.2. The van der Waals surface area contributed by atoms with Crippen molar-refractivity contribution in [3.8, 4) is 11.3 Å². The van der Waals surface area contributed by atoms with E-state index in [2.05, 4.69) is 20.3 Å². The highest BCUT2D eigenvalue weighted by atomic mass is 32.2. The minimum Gasteiger partial charge on any atom is -0.385 e. The molecule has 0 aliphatic carbocycles. The summed E-state index contributed by atoms with van der Waals surface area (Å²) < 4.78 is 76.9. The Morgan fingerprint density at radius 2 is 1.67 bits per heavy atom. The lowest BCUT2D eigenvalue weighted by molar-refractivity contribution is -0.137. The van der Waals surface area contributed by atoms with E-state index in [1.807, 2.05) is 0 Å². The van der Waals surface area contributed by atoms with Crippen molar-refractivity contribution in [3.63, 3.8) is 0 Å². The lowest BCUT2D eigenvalue weighted by Gasteiger charge is -2.16. The van der Waals surface area contributed by atoms with Gasteiger partial charge in [-0.2, -0.15) is 13.2 Å². The number of nitrogens with one attached hydrogen (secondary N) is 1. The number of hydrogen-bond acceptors (Lipinski definition) is 8. The van der Waals surface area contributed by atoms with Gasteiger partial charge in [0.15, 0.2) is 9.84 Å². The molecular weight excluding hydrogens is 569 g/mol. The molecule has 0 radical (unpaired) electrons. The molecule has 0 fully saturated rings. The molecule has 4 aromatic rings. The van der Waals surface area contributed by atoms with Crippen LogP contribution >= 0.6 is 0 Å². The van der Waals surface area contributed by atoms with Crippen LogP contribution < -0.4 is 5.32 Å². The molecule has 4 rings (SSSR count). The zero-order valence-electron chi connectivity index (χ0n) is 23.4. The van der Waals surface area contributed by atoms with Crippen molar-refractivity contribution in [2.75, 3.05) is 38.5 Å². The zero-order valence-corrected chi connectivity index (χ0v) is 24.2. The van der Waals surface area contributed by atoms with Crippen LogP contribution in [0, 0.1) is 5.92 Å². The van der Waals surface area contributed by atoms with E-state index in [1.54, 1.807) is 50.6 Å². The van der Waals surface area contributed by atoms with Crippen molar-refractivity contribution in [1.29, 1.82) is 0 Å². The molecule has 0 aliphatic heterocycles. The summed E-state index contributed by atoms with van der Waals surface area (Å²) in [5, 5.41) is 3.74. The SMILES string of the molecule is COCCCC(CCOC)CCS(=O)(=O)c1ccc(Nc2ncnc3cc(-c4ncccc4C(F)(F)F)ccc23)cc1. The Balaban J connectivity index is 1.48. The fraction of sp³-hybridized carbons (Fsp3) is 0.367. The maximum atomic E-state index is 13.5. The molecule has 0 aliphatic rings. The molecule has 224 valence electrons. The van der Waals surface area contributed by atoms with Crippen LogP contribution in [0.1, 0.15) is 31.2 Å². The topological polar surface area (TPSA) is 103 Å². The number of hydrogen-bond donors (Lipinski definition) is 1. The van der Waals surface area contributed by atoms with E-state index in [9.17, 15) is 21.6 Å². The van der Waals surface area contributed by atoms with Crippen LogP contribution in [-0.4, -0.2) is 56.6 Å². The van der Waals surface area contributed by atoms with Crippen LogP contribution in [0.2, 0.25) is 0 Å². The molecule has 0 bridgehead atoms. The highest BCUT2D eigenvalue weighted by Gasteiger charge is 2.34. The van der Waals surface area contributed by atoms with Gasteiger partial charge in [-0.05, 0) is 80.1 Å². The summed E-state index contributed by atoms with van der Waals surface area (Å²) in [6.45, 7) is 1.21. The Labute approximate surface area is 243 Å². The van der Waals surface area contributed by atoms with Gasteiger partial charge in [0.2, 0.25) is 0 Å². The maximum absolute atomic E-state index is 13.5. The minimum absolute atomic E-state index is 0.0341.